The third-order valence-electron chi connectivity index (χ3n) is 2.26. The molecule has 0 spiro atoms. The van der Waals surface area contributed by atoms with Crippen LogP contribution in [0.15, 0.2) is 22.9 Å². The third-order valence-corrected chi connectivity index (χ3v) is 3.03. The van der Waals surface area contributed by atoms with E-state index in [-0.39, 0.29) is 6.09 Å². The number of cyclic esters (lactones) is 1. The van der Waals surface area contributed by atoms with Crippen molar-refractivity contribution in [1.82, 2.24) is 9.88 Å². The van der Waals surface area contributed by atoms with Crippen molar-refractivity contribution >= 4 is 22.0 Å². The number of hydrogen-bond acceptors (Lipinski definition) is 3. The van der Waals surface area contributed by atoms with Crippen molar-refractivity contribution in [2.24, 2.45) is 0 Å². The Morgan fingerprint density at radius 1 is 1.60 bits per heavy atom. The highest BCUT2D eigenvalue weighted by molar-refractivity contribution is 9.10. The van der Waals surface area contributed by atoms with Gasteiger partial charge in [0.2, 0.25) is 0 Å². The van der Waals surface area contributed by atoms with E-state index in [1.807, 2.05) is 6.07 Å². The fourth-order valence-corrected chi connectivity index (χ4v) is 1.82. The molecule has 0 aliphatic carbocycles. The van der Waals surface area contributed by atoms with Gasteiger partial charge in [0.15, 0.2) is 0 Å². The molecule has 80 valence electrons. The van der Waals surface area contributed by atoms with Crippen LogP contribution in [0.25, 0.3) is 0 Å². The number of nitrogens with zero attached hydrogens (tertiary/aromatic N) is 2. The lowest BCUT2D eigenvalue weighted by atomic mass is 10.2. The predicted molar refractivity (Wildman–Crippen MR) is 58.3 cm³/mol. The molecule has 1 aromatic rings. The number of rotatable bonds is 2. The van der Waals surface area contributed by atoms with E-state index < -0.39 is 0 Å². The van der Waals surface area contributed by atoms with Crippen molar-refractivity contribution in [3.05, 3.63) is 28.5 Å². The van der Waals surface area contributed by atoms with Crippen LogP contribution < -0.4 is 0 Å². The second-order valence-corrected chi connectivity index (χ2v) is 4.21. The number of carbonyl (C=O) groups excluding carboxylic acids is 1. The van der Waals surface area contributed by atoms with Crippen LogP contribution in [-0.2, 0) is 11.3 Å². The van der Waals surface area contributed by atoms with Crippen LogP contribution in [0, 0.1) is 0 Å². The van der Waals surface area contributed by atoms with Crippen LogP contribution in [0.2, 0.25) is 0 Å². The van der Waals surface area contributed by atoms with Gasteiger partial charge in [0.05, 0.1) is 13.2 Å². The van der Waals surface area contributed by atoms with Gasteiger partial charge in [0.25, 0.3) is 0 Å². The molecule has 1 aliphatic rings. The summed E-state index contributed by atoms with van der Waals surface area (Å²) in [7, 11) is 0. The zero-order chi connectivity index (χ0) is 10.7. The third kappa shape index (κ3) is 2.47. The lowest BCUT2D eigenvalue weighted by Crippen LogP contribution is -2.37. The van der Waals surface area contributed by atoms with Gasteiger partial charge in [-0.2, -0.15) is 0 Å². The number of carbonyl (C=O) groups is 1. The molecule has 5 heteroatoms. The zero-order valence-corrected chi connectivity index (χ0v) is 9.74. The number of halogens is 1. The molecule has 0 radical (unpaired) electrons. The van der Waals surface area contributed by atoms with E-state index in [2.05, 4.69) is 20.9 Å². The number of hydrogen-bond donors (Lipinski definition) is 0. The van der Waals surface area contributed by atoms with E-state index in [4.69, 9.17) is 4.74 Å². The Kier molecular flexibility index (Phi) is 3.20. The first kappa shape index (κ1) is 10.4. The smallest absolute Gasteiger partial charge is 0.410 e. The van der Waals surface area contributed by atoms with Gasteiger partial charge in [-0.15, -0.1) is 0 Å². The molecule has 0 saturated carbocycles. The lowest BCUT2D eigenvalue weighted by Gasteiger charge is -2.26. The van der Waals surface area contributed by atoms with Crippen molar-refractivity contribution in [2.75, 3.05) is 13.2 Å². The second kappa shape index (κ2) is 4.61. The molecular formula is C10H11BrN2O2. The van der Waals surface area contributed by atoms with Gasteiger partial charge in [-0.05, 0) is 12.5 Å². The highest BCUT2D eigenvalue weighted by Crippen LogP contribution is 2.18. The van der Waals surface area contributed by atoms with Gasteiger partial charge < -0.3 is 9.64 Å². The molecule has 1 amide bonds. The normalized spacial score (nSPS) is 16.3. The molecule has 1 saturated heterocycles. The van der Waals surface area contributed by atoms with E-state index >= 15 is 0 Å². The minimum absolute atomic E-state index is 0.239. The van der Waals surface area contributed by atoms with Gasteiger partial charge in [-0.1, -0.05) is 15.9 Å². The minimum atomic E-state index is -0.239. The van der Waals surface area contributed by atoms with Crippen LogP contribution >= 0.6 is 15.9 Å². The minimum Gasteiger partial charge on any atom is -0.449 e. The quantitative estimate of drug-likeness (QED) is 0.828. The summed E-state index contributed by atoms with van der Waals surface area (Å²) in [6.45, 7) is 1.83. The van der Waals surface area contributed by atoms with Crippen molar-refractivity contribution < 1.29 is 9.53 Å². The largest absolute Gasteiger partial charge is 0.449 e. The molecule has 0 aromatic carbocycles. The van der Waals surface area contributed by atoms with Crippen LogP contribution in [0.3, 0.4) is 0 Å². The molecule has 1 aliphatic heterocycles. The number of pyridine rings is 1. The molecule has 0 unspecified atom stereocenters. The van der Waals surface area contributed by atoms with Gasteiger partial charge in [-0.25, -0.2) is 4.79 Å². The summed E-state index contributed by atoms with van der Waals surface area (Å²) in [5, 5.41) is 0. The van der Waals surface area contributed by atoms with Gasteiger partial charge >= 0.3 is 6.09 Å². The van der Waals surface area contributed by atoms with Crippen molar-refractivity contribution in [3.63, 3.8) is 0 Å². The van der Waals surface area contributed by atoms with Crippen LogP contribution in [0.1, 0.15) is 12.0 Å². The fraction of sp³-hybridized carbons (Fsp3) is 0.400. The number of ether oxygens (including phenoxy) is 1. The molecule has 0 atom stereocenters. The Morgan fingerprint density at radius 3 is 3.20 bits per heavy atom. The van der Waals surface area contributed by atoms with Gasteiger partial charge in [0, 0.05) is 29.0 Å². The summed E-state index contributed by atoms with van der Waals surface area (Å²) < 4.78 is 5.92. The first-order valence-corrected chi connectivity index (χ1v) is 5.57. The molecule has 1 fully saturated rings. The van der Waals surface area contributed by atoms with Crippen molar-refractivity contribution in [1.29, 1.82) is 0 Å². The van der Waals surface area contributed by atoms with Crippen molar-refractivity contribution in [3.8, 4) is 0 Å². The molecular weight excluding hydrogens is 260 g/mol. The number of aromatic nitrogens is 1. The molecule has 2 rings (SSSR count). The maximum atomic E-state index is 11.4. The Hall–Kier alpha value is -1.10. The van der Waals surface area contributed by atoms with E-state index in [0.717, 1.165) is 23.0 Å². The summed E-state index contributed by atoms with van der Waals surface area (Å²) in [5.41, 5.74) is 0.997. The summed E-state index contributed by atoms with van der Waals surface area (Å²) in [6.07, 6.45) is 4.12. The Bertz CT molecular complexity index is 370. The Labute approximate surface area is 96.4 Å². The Balaban J connectivity index is 2.08. The van der Waals surface area contributed by atoms with Crippen LogP contribution in [0.4, 0.5) is 4.79 Å². The highest BCUT2D eigenvalue weighted by Gasteiger charge is 2.20. The monoisotopic (exact) mass is 270 g/mol. The molecule has 2 heterocycles. The number of amides is 1. The standard InChI is InChI=1S/C10H11BrN2O2/c11-9-2-3-12-6-8(9)7-13-4-1-5-15-10(13)14/h2-3,6H,1,4-5,7H2. The second-order valence-electron chi connectivity index (χ2n) is 3.36. The lowest BCUT2D eigenvalue weighted by molar-refractivity contribution is 0.0699. The van der Waals surface area contributed by atoms with E-state index in [1.54, 1.807) is 17.3 Å². The highest BCUT2D eigenvalue weighted by atomic mass is 79.9. The zero-order valence-electron chi connectivity index (χ0n) is 8.15. The molecule has 0 bridgehead atoms. The first-order valence-electron chi connectivity index (χ1n) is 4.77. The average Bonchev–Trinajstić information content (AvgIpc) is 2.24. The SMILES string of the molecule is O=C1OCCCN1Cc1cnccc1Br. The Morgan fingerprint density at radius 2 is 2.47 bits per heavy atom. The topological polar surface area (TPSA) is 42.4 Å². The average molecular weight is 271 g/mol. The van der Waals surface area contributed by atoms with Crippen LogP contribution in [-0.4, -0.2) is 29.1 Å². The summed E-state index contributed by atoms with van der Waals surface area (Å²) in [5.74, 6) is 0. The summed E-state index contributed by atoms with van der Waals surface area (Å²) in [4.78, 5) is 17.1. The maximum absolute atomic E-state index is 11.4. The summed E-state index contributed by atoms with van der Waals surface area (Å²) in [6, 6.07) is 1.87. The first-order chi connectivity index (χ1) is 7.27. The van der Waals surface area contributed by atoms with Gasteiger partial charge in [-0.3, -0.25) is 4.98 Å². The maximum Gasteiger partial charge on any atom is 0.410 e. The summed E-state index contributed by atoms with van der Waals surface area (Å²) >= 11 is 3.42. The van der Waals surface area contributed by atoms with E-state index in [0.29, 0.717) is 13.2 Å². The van der Waals surface area contributed by atoms with Gasteiger partial charge in [0.1, 0.15) is 0 Å². The fourth-order valence-electron chi connectivity index (χ4n) is 1.47. The molecule has 1 aromatic heterocycles. The van der Waals surface area contributed by atoms with E-state index in [9.17, 15) is 4.79 Å². The molecule has 4 nitrogen and oxygen atoms in total. The van der Waals surface area contributed by atoms with E-state index in [1.165, 1.54) is 0 Å². The predicted octanol–water partition coefficient (Wildman–Crippen LogP) is 2.19. The molecule has 0 N–H and O–H groups in total. The molecule has 15 heavy (non-hydrogen) atoms. The van der Waals surface area contributed by atoms with Crippen LogP contribution in [0.5, 0.6) is 0 Å². The van der Waals surface area contributed by atoms with Crippen molar-refractivity contribution in [2.45, 2.75) is 13.0 Å².